The minimum atomic E-state index is -0.330. The molecule has 2 aromatic heterocycles. The summed E-state index contributed by atoms with van der Waals surface area (Å²) < 4.78 is 13.9. The van der Waals surface area contributed by atoms with Crippen LogP contribution in [0.1, 0.15) is 21.5 Å². The second kappa shape index (κ2) is 6.36. The molecule has 0 saturated heterocycles. The summed E-state index contributed by atoms with van der Waals surface area (Å²) in [6, 6.07) is 8.40. The Bertz CT molecular complexity index is 813. The molecule has 1 atom stereocenters. The van der Waals surface area contributed by atoms with Crippen LogP contribution in [-0.4, -0.2) is 11.9 Å². The third-order valence-electron chi connectivity index (χ3n) is 3.26. The average molecular weight is 354 g/mol. The number of carbonyl (C=O) groups excluding carboxylic acids is 1. The number of carbonyl (C=O) groups is 1. The quantitative estimate of drug-likeness (QED) is 0.693. The lowest BCUT2D eigenvalue weighted by atomic mass is 10.2. The van der Waals surface area contributed by atoms with Gasteiger partial charge in [-0.2, -0.15) is 0 Å². The molecule has 0 radical (unpaired) electrons. The van der Waals surface area contributed by atoms with Crippen LogP contribution in [0.25, 0.3) is 10.1 Å². The van der Waals surface area contributed by atoms with Crippen molar-refractivity contribution in [1.29, 1.82) is 0 Å². The molecule has 3 rings (SSSR count). The first kappa shape index (κ1) is 15.5. The van der Waals surface area contributed by atoms with Crippen molar-refractivity contribution in [2.75, 3.05) is 0 Å². The van der Waals surface area contributed by atoms with Crippen LogP contribution in [0.3, 0.4) is 0 Å². The minimum absolute atomic E-state index is 0.00386. The van der Waals surface area contributed by atoms with Gasteiger partial charge < -0.3 is 5.32 Å². The number of rotatable bonds is 4. The van der Waals surface area contributed by atoms with Crippen LogP contribution in [0.15, 0.2) is 35.7 Å². The van der Waals surface area contributed by atoms with Crippen LogP contribution in [0, 0.1) is 5.82 Å². The number of benzene rings is 1. The summed E-state index contributed by atoms with van der Waals surface area (Å²) >= 11 is 9.14. The Morgan fingerprint density at radius 3 is 2.95 bits per heavy atom. The average Bonchev–Trinajstić information content (AvgIpc) is 3.07. The monoisotopic (exact) mass is 353 g/mol. The Labute approximate surface area is 140 Å². The van der Waals surface area contributed by atoms with Gasteiger partial charge >= 0.3 is 0 Å². The predicted molar refractivity (Wildman–Crippen MR) is 91.7 cm³/mol. The van der Waals surface area contributed by atoms with E-state index in [0.717, 1.165) is 6.42 Å². The number of hydrogen-bond donors (Lipinski definition) is 1. The number of thiophene rings is 2. The van der Waals surface area contributed by atoms with Gasteiger partial charge in [-0.1, -0.05) is 17.7 Å². The van der Waals surface area contributed by atoms with Gasteiger partial charge in [0.2, 0.25) is 0 Å². The highest BCUT2D eigenvalue weighted by molar-refractivity contribution is 7.21. The molecule has 0 aliphatic rings. The number of fused-ring (bicyclic) bond motifs is 1. The fourth-order valence-electron chi connectivity index (χ4n) is 2.26. The molecule has 2 nitrogen and oxygen atoms in total. The van der Waals surface area contributed by atoms with E-state index in [1.54, 1.807) is 17.4 Å². The number of nitrogens with one attached hydrogen (secondary N) is 1. The zero-order valence-corrected chi connectivity index (χ0v) is 14.1. The van der Waals surface area contributed by atoms with E-state index >= 15 is 0 Å². The first-order chi connectivity index (χ1) is 10.5. The summed E-state index contributed by atoms with van der Waals surface area (Å²) in [5.74, 6) is -0.542. The molecule has 0 aliphatic heterocycles. The normalized spacial score (nSPS) is 12.5. The first-order valence-electron chi connectivity index (χ1n) is 6.75. The second-order valence-electron chi connectivity index (χ2n) is 5.04. The Morgan fingerprint density at radius 2 is 2.23 bits per heavy atom. The van der Waals surface area contributed by atoms with Crippen molar-refractivity contribution < 1.29 is 9.18 Å². The van der Waals surface area contributed by atoms with Gasteiger partial charge in [-0.05, 0) is 36.6 Å². The SMILES string of the molecule is C[C@H](Cc1cccs1)NC(=O)c1sc2cc(F)ccc2c1Cl. The van der Waals surface area contributed by atoms with Gasteiger partial charge in [-0.3, -0.25) is 4.79 Å². The lowest BCUT2D eigenvalue weighted by Gasteiger charge is -2.12. The molecular formula is C16H13ClFNOS2. The summed E-state index contributed by atoms with van der Waals surface area (Å²) in [4.78, 5) is 14.0. The maximum atomic E-state index is 13.3. The third kappa shape index (κ3) is 3.16. The molecular weight excluding hydrogens is 341 g/mol. The fourth-order valence-corrected chi connectivity index (χ4v) is 4.54. The van der Waals surface area contributed by atoms with E-state index in [1.807, 2.05) is 24.4 Å². The largest absolute Gasteiger partial charge is 0.348 e. The van der Waals surface area contributed by atoms with Gasteiger partial charge in [0.05, 0.1) is 5.02 Å². The van der Waals surface area contributed by atoms with Crippen molar-refractivity contribution in [3.63, 3.8) is 0 Å². The topological polar surface area (TPSA) is 29.1 Å². The number of hydrogen-bond acceptors (Lipinski definition) is 3. The van der Waals surface area contributed by atoms with Crippen LogP contribution < -0.4 is 5.32 Å². The summed E-state index contributed by atoms with van der Waals surface area (Å²) in [5, 5.41) is 6.07. The standard InChI is InChI=1S/C16H13ClFNOS2/c1-9(7-11-3-2-6-21-11)19-16(20)15-14(17)12-5-4-10(18)8-13(12)22-15/h2-6,8-9H,7H2,1H3,(H,19,20)/t9-/m1/s1. The Morgan fingerprint density at radius 1 is 1.41 bits per heavy atom. The van der Waals surface area contributed by atoms with Crippen molar-refractivity contribution in [2.24, 2.45) is 0 Å². The van der Waals surface area contributed by atoms with Crippen molar-refractivity contribution in [2.45, 2.75) is 19.4 Å². The van der Waals surface area contributed by atoms with Gasteiger partial charge in [0, 0.05) is 27.4 Å². The van der Waals surface area contributed by atoms with E-state index in [2.05, 4.69) is 5.32 Å². The smallest absolute Gasteiger partial charge is 0.263 e. The molecule has 6 heteroatoms. The molecule has 1 amide bonds. The van der Waals surface area contributed by atoms with E-state index in [1.165, 1.54) is 28.3 Å². The van der Waals surface area contributed by atoms with Crippen LogP contribution in [0.5, 0.6) is 0 Å². The Hall–Kier alpha value is -1.43. The van der Waals surface area contributed by atoms with E-state index < -0.39 is 0 Å². The van der Waals surface area contributed by atoms with E-state index in [0.29, 0.717) is 20.0 Å². The fraction of sp³-hybridized carbons (Fsp3) is 0.188. The number of amides is 1. The summed E-state index contributed by atoms with van der Waals surface area (Å²) in [7, 11) is 0. The lowest BCUT2D eigenvalue weighted by molar-refractivity contribution is 0.0944. The van der Waals surface area contributed by atoms with Crippen LogP contribution in [0.2, 0.25) is 5.02 Å². The summed E-state index contributed by atoms with van der Waals surface area (Å²) in [5.41, 5.74) is 0. The molecule has 1 aromatic carbocycles. The molecule has 2 heterocycles. The van der Waals surface area contributed by atoms with E-state index in [4.69, 9.17) is 11.6 Å². The van der Waals surface area contributed by atoms with Crippen LogP contribution in [-0.2, 0) is 6.42 Å². The van der Waals surface area contributed by atoms with Crippen LogP contribution in [0.4, 0.5) is 4.39 Å². The highest BCUT2D eigenvalue weighted by Crippen LogP contribution is 2.35. The first-order valence-corrected chi connectivity index (χ1v) is 8.83. The van der Waals surface area contributed by atoms with Crippen molar-refractivity contribution in [3.8, 4) is 0 Å². The van der Waals surface area contributed by atoms with Gasteiger partial charge in [0.25, 0.3) is 5.91 Å². The summed E-state index contributed by atoms with van der Waals surface area (Å²) in [6.07, 6.45) is 0.778. The maximum Gasteiger partial charge on any atom is 0.263 e. The molecule has 1 N–H and O–H groups in total. The Balaban J connectivity index is 1.78. The van der Waals surface area contributed by atoms with Gasteiger partial charge in [0.15, 0.2) is 0 Å². The van der Waals surface area contributed by atoms with Gasteiger partial charge in [-0.25, -0.2) is 4.39 Å². The van der Waals surface area contributed by atoms with Crippen molar-refractivity contribution >= 4 is 50.3 Å². The molecule has 0 fully saturated rings. The minimum Gasteiger partial charge on any atom is -0.348 e. The molecule has 114 valence electrons. The van der Waals surface area contributed by atoms with Gasteiger partial charge in [0.1, 0.15) is 10.7 Å². The summed E-state index contributed by atoms with van der Waals surface area (Å²) in [6.45, 7) is 1.96. The van der Waals surface area contributed by atoms with E-state index in [-0.39, 0.29) is 17.8 Å². The van der Waals surface area contributed by atoms with E-state index in [9.17, 15) is 9.18 Å². The third-order valence-corrected chi connectivity index (χ3v) is 5.82. The van der Waals surface area contributed by atoms with Gasteiger partial charge in [-0.15, -0.1) is 22.7 Å². The predicted octanol–water partition coefficient (Wildman–Crippen LogP) is 5.12. The molecule has 0 spiro atoms. The Kier molecular flexibility index (Phi) is 4.47. The number of halogens is 2. The molecule has 22 heavy (non-hydrogen) atoms. The van der Waals surface area contributed by atoms with Crippen LogP contribution >= 0.6 is 34.3 Å². The molecule has 0 bridgehead atoms. The zero-order chi connectivity index (χ0) is 15.7. The maximum absolute atomic E-state index is 13.3. The zero-order valence-electron chi connectivity index (χ0n) is 11.7. The van der Waals surface area contributed by atoms with Crippen molar-refractivity contribution in [3.05, 3.63) is 56.3 Å². The molecule has 3 aromatic rings. The lowest BCUT2D eigenvalue weighted by Crippen LogP contribution is -2.33. The molecule has 0 saturated carbocycles. The molecule has 0 aliphatic carbocycles. The second-order valence-corrected chi connectivity index (χ2v) is 7.51. The van der Waals surface area contributed by atoms with Crippen molar-refractivity contribution in [1.82, 2.24) is 5.32 Å². The highest BCUT2D eigenvalue weighted by atomic mass is 35.5. The highest BCUT2D eigenvalue weighted by Gasteiger charge is 2.19. The molecule has 0 unspecified atom stereocenters.